The van der Waals surface area contributed by atoms with E-state index < -0.39 is 16.6 Å². The van der Waals surface area contributed by atoms with E-state index >= 15 is 0 Å². The molecule has 0 unspecified atom stereocenters. The summed E-state index contributed by atoms with van der Waals surface area (Å²) in [7, 11) is -3.92. The maximum Gasteiger partial charge on any atom is 0.192 e. The third-order valence-electron chi connectivity index (χ3n) is 6.20. The van der Waals surface area contributed by atoms with Gasteiger partial charge in [0.1, 0.15) is 12.2 Å². The topological polar surface area (TPSA) is 47.9 Å². The van der Waals surface area contributed by atoms with Gasteiger partial charge in [-0.05, 0) is 43.2 Å². The van der Waals surface area contributed by atoms with Crippen molar-refractivity contribution >= 4 is 16.6 Å². The molecule has 144 valence electrons. The van der Waals surface area contributed by atoms with Crippen molar-refractivity contribution in [1.82, 2.24) is 0 Å². The van der Waals surface area contributed by atoms with Crippen LogP contribution in [0.5, 0.6) is 0 Å². The lowest BCUT2D eigenvalue weighted by Gasteiger charge is -2.44. The maximum absolute atomic E-state index is 9.80. The first-order valence-electron chi connectivity index (χ1n) is 9.15. The molecule has 0 saturated carbocycles. The molecule has 0 bridgehead atoms. The fourth-order valence-electron chi connectivity index (χ4n) is 2.40. The molecule has 4 atom stereocenters. The lowest BCUT2D eigenvalue weighted by Crippen LogP contribution is -2.54. The molecule has 4 nitrogen and oxygen atoms in total. The molecule has 24 heavy (non-hydrogen) atoms. The lowest BCUT2D eigenvalue weighted by molar-refractivity contribution is -0.0138. The quantitative estimate of drug-likeness (QED) is 0.715. The highest BCUT2D eigenvalue weighted by molar-refractivity contribution is 6.74. The average molecular weight is 377 g/mol. The lowest BCUT2D eigenvalue weighted by atomic mass is 10.1. The van der Waals surface area contributed by atoms with Crippen LogP contribution in [0.4, 0.5) is 0 Å². The predicted octanol–water partition coefficient (Wildman–Crippen LogP) is 4.55. The summed E-state index contributed by atoms with van der Waals surface area (Å²) in [4.78, 5) is 0. The Morgan fingerprint density at radius 1 is 0.833 bits per heavy atom. The van der Waals surface area contributed by atoms with Gasteiger partial charge >= 0.3 is 0 Å². The number of hydrogen-bond donors (Lipinski definition) is 1. The largest absolute Gasteiger partial charge is 0.409 e. The standard InChI is InChI=1S/C18H40O4Si2/c1-13-15(21-23(8,9)17(2,3)4)16(14(12-19)20-13)22-24(10,11)18(5,6)7/h13-16,19H,12H2,1-11H3/t13-,14+,15-,16+/m0/s1. The Labute approximate surface area is 151 Å². The molecule has 0 spiro atoms. The van der Waals surface area contributed by atoms with Gasteiger partial charge in [-0.25, -0.2) is 0 Å². The van der Waals surface area contributed by atoms with Gasteiger partial charge in [-0.15, -0.1) is 0 Å². The summed E-state index contributed by atoms with van der Waals surface area (Å²) in [5.41, 5.74) is 0. The van der Waals surface area contributed by atoms with Gasteiger partial charge in [-0.3, -0.25) is 0 Å². The molecule has 0 radical (unpaired) electrons. The Morgan fingerprint density at radius 2 is 1.21 bits per heavy atom. The number of hydrogen-bond acceptors (Lipinski definition) is 4. The molecule has 1 rings (SSSR count). The fraction of sp³-hybridized carbons (Fsp3) is 1.00. The molecule has 1 aliphatic rings. The van der Waals surface area contributed by atoms with Crippen LogP contribution in [0, 0.1) is 0 Å². The number of aliphatic hydroxyl groups excluding tert-OH is 1. The summed E-state index contributed by atoms with van der Waals surface area (Å²) >= 11 is 0. The molecule has 1 aliphatic heterocycles. The van der Waals surface area contributed by atoms with Crippen molar-refractivity contribution in [1.29, 1.82) is 0 Å². The highest BCUT2D eigenvalue weighted by Crippen LogP contribution is 2.43. The first kappa shape index (κ1) is 22.3. The minimum Gasteiger partial charge on any atom is -0.409 e. The molecule has 0 amide bonds. The van der Waals surface area contributed by atoms with Crippen LogP contribution in [0.15, 0.2) is 0 Å². The summed E-state index contributed by atoms with van der Waals surface area (Å²) in [6.07, 6.45) is -0.674. The SMILES string of the molecule is C[C@@H]1O[C@H](CO)[C@@H](O[Si](C)(C)C(C)(C)C)[C@H]1O[Si](C)(C)C(C)(C)C. The zero-order valence-corrected chi connectivity index (χ0v) is 19.7. The molecule has 0 aliphatic carbocycles. The monoisotopic (exact) mass is 376 g/mol. The van der Waals surface area contributed by atoms with Gasteiger partial charge in [0.2, 0.25) is 0 Å². The van der Waals surface area contributed by atoms with Gasteiger partial charge in [-0.1, -0.05) is 41.5 Å². The minimum absolute atomic E-state index is 0.0268. The molecule has 0 aromatic carbocycles. The van der Waals surface area contributed by atoms with Crippen LogP contribution in [-0.2, 0) is 13.6 Å². The van der Waals surface area contributed by atoms with Gasteiger partial charge in [0.15, 0.2) is 16.6 Å². The molecule has 1 saturated heterocycles. The van der Waals surface area contributed by atoms with Crippen LogP contribution in [-0.4, -0.2) is 52.8 Å². The van der Waals surface area contributed by atoms with Crippen LogP contribution < -0.4 is 0 Å². The molecule has 0 aromatic rings. The van der Waals surface area contributed by atoms with E-state index in [1.807, 2.05) is 6.92 Å². The summed E-state index contributed by atoms with van der Waals surface area (Å²) in [6.45, 7) is 24.4. The molecule has 1 heterocycles. The van der Waals surface area contributed by atoms with Crippen molar-refractivity contribution in [3.8, 4) is 0 Å². The van der Waals surface area contributed by atoms with E-state index in [0.29, 0.717) is 0 Å². The van der Waals surface area contributed by atoms with Gasteiger partial charge < -0.3 is 18.7 Å². The Hall–Kier alpha value is 0.274. The van der Waals surface area contributed by atoms with E-state index in [4.69, 9.17) is 13.6 Å². The van der Waals surface area contributed by atoms with Gasteiger partial charge in [0.25, 0.3) is 0 Å². The van der Waals surface area contributed by atoms with E-state index in [-0.39, 0.29) is 41.1 Å². The van der Waals surface area contributed by atoms with E-state index in [9.17, 15) is 5.11 Å². The van der Waals surface area contributed by atoms with E-state index in [1.54, 1.807) is 0 Å². The zero-order chi connectivity index (χ0) is 19.1. The molecule has 1 N–H and O–H groups in total. The van der Waals surface area contributed by atoms with Crippen LogP contribution in [0.1, 0.15) is 48.5 Å². The van der Waals surface area contributed by atoms with Crippen LogP contribution >= 0.6 is 0 Å². The molecule has 0 aromatic heterocycles. The predicted molar refractivity (Wildman–Crippen MR) is 106 cm³/mol. The van der Waals surface area contributed by atoms with Crippen molar-refractivity contribution < 1.29 is 18.7 Å². The van der Waals surface area contributed by atoms with Gasteiger partial charge in [0, 0.05) is 0 Å². The first-order valence-corrected chi connectivity index (χ1v) is 15.0. The molecular formula is C18H40O4Si2. The maximum atomic E-state index is 9.80. The Kier molecular flexibility index (Phi) is 6.62. The average Bonchev–Trinajstić information content (AvgIpc) is 2.63. The van der Waals surface area contributed by atoms with Crippen molar-refractivity contribution in [2.45, 2.75) is 109 Å². The Balaban J connectivity index is 3.08. The Morgan fingerprint density at radius 3 is 1.54 bits per heavy atom. The number of ether oxygens (including phenoxy) is 1. The van der Waals surface area contributed by atoms with Crippen molar-refractivity contribution in [2.24, 2.45) is 0 Å². The van der Waals surface area contributed by atoms with Gasteiger partial charge in [0.05, 0.1) is 18.8 Å². The van der Waals surface area contributed by atoms with Crippen LogP contribution in [0.25, 0.3) is 0 Å². The van der Waals surface area contributed by atoms with Crippen molar-refractivity contribution in [2.75, 3.05) is 6.61 Å². The van der Waals surface area contributed by atoms with Crippen molar-refractivity contribution in [3.05, 3.63) is 0 Å². The van der Waals surface area contributed by atoms with Crippen LogP contribution in [0.3, 0.4) is 0 Å². The first-order chi connectivity index (χ1) is 10.5. The third kappa shape index (κ3) is 4.71. The summed E-state index contributed by atoms with van der Waals surface area (Å²) < 4.78 is 19.3. The van der Waals surface area contributed by atoms with Crippen LogP contribution in [0.2, 0.25) is 36.3 Å². The zero-order valence-electron chi connectivity index (χ0n) is 17.7. The van der Waals surface area contributed by atoms with Crippen molar-refractivity contribution in [3.63, 3.8) is 0 Å². The molecule has 6 heteroatoms. The summed E-state index contributed by atoms with van der Waals surface area (Å²) in [5, 5.41) is 10.0. The second kappa shape index (κ2) is 7.12. The van der Waals surface area contributed by atoms with E-state index in [2.05, 4.69) is 67.7 Å². The second-order valence-electron chi connectivity index (χ2n) is 10.2. The highest BCUT2D eigenvalue weighted by atomic mass is 28.4. The normalized spacial score (nSPS) is 30.0. The molecule has 1 fully saturated rings. The minimum atomic E-state index is -1.98. The summed E-state index contributed by atoms with van der Waals surface area (Å²) in [5.74, 6) is 0. The van der Waals surface area contributed by atoms with E-state index in [1.165, 1.54) is 0 Å². The molecular weight excluding hydrogens is 336 g/mol. The van der Waals surface area contributed by atoms with Gasteiger partial charge in [-0.2, -0.15) is 0 Å². The smallest absolute Gasteiger partial charge is 0.192 e. The van der Waals surface area contributed by atoms with E-state index in [0.717, 1.165) is 0 Å². The number of aliphatic hydroxyl groups is 1. The highest BCUT2D eigenvalue weighted by Gasteiger charge is 2.52. The number of rotatable bonds is 5. The fourth-order valence-corrected chi connectivity index (χ4v) is 5.08. The second-order valence-corrected chi connectivity index (χ2v) is 19.8. The Bertz CT molecular complexity index is 424. The summed E-state index contributed by atoms with van der Waals surface area (Å²) in [6, 6.07) is 0. The third-order valence-corrected chi connectivity index (χ3v) is 15.1.